The molecule has 0 radical (unpaired) electrons. The Labute approximate surface area is 175 Å². The number of aryl methyl sites for hydroxylation is 1. The third kappa shape index (κ3) is 4.45. The van der Waals surface area contributed by atoms with E-state index >= 15 is 0 Å². The SMILES string of the molecule is CCc1ccccc1-n1cnnc1SCC(=O)Nc1ccccc1N1CCCC1. The van der Waals surface area contributed by atoms with E-state index in [1.54, 1.807) is 6.33 Å². The topological polar surface area (TPSA) is 63.1 Å². The van der Waals surface area contributed by atoms with Crippen LogP contribution in [-0.4, -0.2) is 39.5 Å². The zero-order valence-electron chi connectivity index (χ0n) is 16.5. The molecule has 1 N–H and O–H groups in total. The highest BCUT2D eigenvalue weighted by molar-refractivity contribution is 7.99. The molecule has 6 nitrogen and oxygen atoms in total. The normalized spacial score (nSPS) is 13.6. The summed E-state index contributed by atoms with van der Waals surface area (Å²) in [4.78, 5) is 15.0. The zero-order chi connectivity index (χ0) is 20.1. The van der Waals surface area contributed by atoms with Gasteiger partial charge < -0.3 is 10.2 Å². The molecule has 7 heteroatoms. The lowest BCUT2D eigenvalue weighted by molar-refractivity contribution is -0.113. The fraction of sp³-hybridized carbons (Fsp3) is 0.318. The van der Waals surface area contributed by atoms with Crippen molar-refractivity contribution in [2.45, 2.75) is 31.3 Å². The summed E-state index contributed by atoms with van der Waals surface area (Å²) in [5.41, 5.74) is 4.25. The van der Waals surface area contributed by atoms with Gasteiger partial charge in [-0.15, -0.1) is 10.2 Å². The molecule has 0 unspecified atom stereocenters. The lowest BCUT2D eigenvalue weighted by Crippen LogP contribution is -2.21. The predicted molar refractivity (Wildman–Crippen MR) is 118 cm³/mol. The van der Waals surface area contributed by atoms with Crippen molar-refractivity contribution in [2.75, 3.05) is 29.1 Å². The van der Waals surface area contributed by atoms with E-state index in [9.17, 15) is 4.79 Å². The molecule has 1 saturated heterocycles. The third-order valence-corrected chi connectivity index (χ3v) is 6.05. The minimum atomic E-state index is -0.0417. The van der Waals surface area contributed by atoms with E-state index in [4.69, 9.17) is 0 Å². The standard InChI is InChI=1S/C22H25N5OS/c1-2-17-9-3-5-11-19(17)27-16-23-25-22(27)29-15-21(28)24-18-10-4-6-12-20(18)26-13-7-8-14-26/h3-6,9-12,16H,2,7-8,13-15H2,1H3,(H,24,28). The summed E-state index contributed by atoms with van der Waals surface area (Å²) < 4.78 is 1.95. The summed E-state index contributed by atoms with van der Waals surface area (Å²) >= 11 is 1.40. The molecule has 1 fully saturated rings. The van der Waals surface area contributed by atoms with Crippen LogP contribution in [0.3, 0.4) is 0 Å². The highest BCUT2D eigenvalue weighted by Gasteiger charge is 2.17. The molecular weight excluding hydrogens is 382 g/mol. The van der Waals surface area contributed by atoms with Crippen molar-refractivity contribution in [3.8, 4) is 5.69 Å². The number of aromatic nitrogens is 3. The van der Waals surface area contributed by atoms with Crippen molar-refractivity contribution in [2.24, 2.45) is 0 Å². The number of rotatable bonds is 7. The second kappa shape index (κ2) is 9.13. The highest BCUT2D eigenvalue weighted by atomic mass is 32.2. The van der Waals surface area contributed by atoms with E-state index in [0.717, 1.165) is 36.6 Å². The van der Waals surface area contributed by atoms with Crippen LogP contribution in [0.2, 0.25) is 0 Å². The molecule has 1 amide bonds. The Hall–Kier alpha value is -2.80. The van der Waals surface area contributed by atoms with Crippen LogP contribution in [0.15, 0.2) is 60.0 Å². The molecule has 0 atom stereocenters. The maximum atomic E-state index is 12.6. The van der Waals surface area contributed by atoms with Gasteiger partial charge in [-0.3, -0.25) is 9.36 Å². The van der Waals surface area contributed by atoms with Gasteiger partial charge in [0.05, 0.1) is 22.8 Å². The molecule has 2 aromatic carbocycles. The average molecular weight is 408 g/mol. The van der Waals surface area contributed by atoms with Crippen molar-refractivity contribution in [3.63, 3.8) is 0 Å². The maximum absolute atomic E-state index is 12.6. The first-order valence-electron chi connectivity index (χ1n) is 10.0. The number of thioether (sulfide) groups is 1. The van der Waals surface area contributed by atoms with Crippen molar-refractivity contribution in [1.29, 1.82) is 0 Å². The van der Waals surface area contributed by atoms with Gasteiger partial charge >= 0.3 is 0 Å². The molecule has 2 heterocycles. The molecule has 0 saturated carbocycles. The lowest BCUT2D eigenvalue weighted by atomic mass is 10.1. The minimum Gasteiger partial charge on any atom is -0.370 e. The van der Waals surface area contributed by atoms with Crippen molar-refractivity contribution in [1.82, 2.24) is 14.8 Å². The van der Waals surface area contributed by atoms with E-state index in [-0.39, 0.29) is 11.7 Å². The van der Waals surface area contributed by atoms with Gasteiger partial charge in [0, 0.05) is 13.1 Å². The number of nitrogens with zero attached hydrogens (tertiary/aromatic N) is 4. The Morgan fingerprint density at radius 3 is 2.59 bits per heavy atom. The Kier molecular flexibility index (Phi) is 6.14. The number of benzene rings is 2. The van der Waals surface area contributed by atoms with Gasteiger partial charge in [-0.25, -0.2) is 0 Å². The van der Waals surface area contributed by atoms with Crippen LogP contribution < -0.4 is 10.2 Å². The Bertz CT molecular complexity index is 981. The summed E-state index contributed by atoms with van der Waals surface area (Å²) in [6.07, 6.45) is 5.03. The minimum absolute atomic E-state index is 0.0417. The van der Waals surface area contributed by atoms with E-state index in [2.05, 4.69) is 45.5 Å². The molecule has 3 aromatic rings. The number of hydrogen-bond acceptors (Lipinski definition) is 5. The second-order valence-electron chi connectivity index (χ2n) is 7.01. The fourth-order valence-corrected chi connectivity index (χ4v) is 4.38. The van der Waals surface area contributed by atoms with Crippen molar-refractivity contribution < 1.29 is 4.79 Å². The summed E-state index contributed by atoms with van der Waals surface area (Å²) in [5.74, 6) is 0.237. The van der Waals surface area contributed by atoms with Crippen LogP contribution in [0.25, 0.3) is 5.69 Å². The predicted octanol–water partition coefficient (Wildman–Crippen LogP) is 4.16. The quantitative estimate of drug-likeness (QED) is 0.596. The van der Waals surface area contributed by atoms with Crippen LogP contribution in [0.4, 0.5) is 11.4 Å². The number of para-hydroxylation sites is 3. The second-order valence-corrected chi connectivity index (χ2v) is 7.96. The van der Waals surface area contributed by atoms with Crippen LogP contribution in [0.5, 0.6) is 0 Å². The molecular formula is C22H25N5OS. The lowest BCUT2D eigenvalue weighted by Gasteiger charge is -2.21. The van der Waals surface area contributed by atoms with Gasteiger partial charge in [0.15, 0.2) is 5.16 Å². The Morgan fingerprint density at radius 2 is 1.79 bits per heavy atom. The largest absolute Gasteiger partial charge is 0.370 e. The number of carbonyl (C=O) groups excluding carboxylic acids is 1. The molecule has 1 aromatic heterocycles. The van der Waals surface area contributed by atoms with Gasteiger partial charge in [0.2, 0.25) is 5.91 Å². The molecule has 0 aliphatic carbocycles. The van der Waals surface area contributed by atoms with Gasteiger partial charge in [-0.05, 0) is 43.0 Å². The molecule has 0 spiro atoms. The van der Waals surface area contributed by atoms with Crippen LogP contribution in [0.1, 0.15) is 25.3 Å². The van der Waals surface area contributed by atoms with Crippen molar-refractivity contribution >= 4 is 29.0 Å². The number of hydrogen-bond donors (Lipinski definition) is 1. The fourth-order valence-electron chi connectivity index (χ4n) is 3.66. The van der Waals surface area contributed by atoms with Gasteiger partial charge in [-0.1, -0.05) is 49.0 Å². The smallest absolute Gasteiger partial charge is 0.234 e. The summed E-state index contributed by atoms with van der Waals surface area (Å²) in [6.45, 7) is 4.21. The number of anilines is 2. The molecule has 1 aliphatic rings. The number of carbonyl (C=O) groups is 1. The average Bonchev–Trinajstić information content (AvgIpc) is 3.45. The van der Waals surface area contributed by atoms with Gasteiger partial charge in [-0.2, -0.15) is 0 Å². The van der Waals surface area contributed by atoms with E-state index in [1.165, 1.54) is 30.2 Å². The first-order chi connectivity index (χ1) is 14.3. The summed E-state index contributed by atoms with van der Waals surface area (Å²) in [5, 5.41) is 12.1. The first kappa shape index (κ1) is 19.5. The maximum Gasteiger partial charge on any atom is 0.234 e. The number of nitrogens with one attached hydrogen (secondary N) is 1. The molecule has 1 aliphatic heterocycles. The van der Waals surface area contributed by atoms with Crippen LogP contribution in [-0.2, 0) is 11.2 Å². The van der Waals surface area contributed by atoms with Crippen LogP contribution in [0, 0.1) is 0 Å². The van der Waals surface area contributed by atoms with E-state index in [0.29, 0.717) is 5.16 Å². The van der Waals surface area contributed by atoms with E-state index in [1.807, 2.05) is 34.9 Å². The molecule has 29 heavy (non-hydrogen) atoms. The monoisotopic (exact) mass is 407 g/mol. The van der Waals surface area contributed by atoms with Crippen LogP contribution >= 0.6 is 11.8 Å². The molecule has 0 bridgehead atoms. The molecule has 4 rings (SSSR count). The van der Waals surface area contributed by atoms with Gasteiger partial charge in [0.25, 0.3) is 0 Å². The number of amides is 1. The third-order valence-electron chi connectivity index (χ3n) is 5.11. The molecule has 150 valence electrons. The van der Waals surface area contributed by atoms with E-state index < -0.39 is 0 Å². The Morgan fingerprint density at radius 1 is 1.07 bits per heavy atom. The highest BCUT2D eigenvalue weighted by Crippen LogP contribution is 2.29. The first-order valence-corrected chi connectivity index (χ1v) is 11.0. The zero-order valence-corrected chi connectivity index (χ0v) is 17.4. The van der Waals surface area contributed by atoms with Gasteiger partial charge in [0.1, 0.15) is 6.33 Å². The summed E-state index contributed by atoms with van der Waals surface area (Å²) in [7, 11) is 0. The summed E-state index contributed by atoms with van der Waals surface area (Å²) in [6, 6.07) is 16.2. The Balaban J connectivity index is 1.44. The van der Waals surface area contributed by atoms with Crippen molar-refractivity contribution in [3.05, 3.63) is 60.4 Å².